The van der Waals surface area contributed by atoms with Crippen molar-refractivity contribution in [2.75, 3.05) is 0 Å². The van der Waals surface area contributed by atoms with Crippen molar-refractivity contribution in [2.45, 2.75) is 19.3 Å². The van der Waals surface area contributed by atoms with Crippen LogP contribution in [0.2, 0.25) is 0 Å². The fourth-order valence-corrected chi connectivity index (χ4v) is 2.57. The first-order chi connectivity index (χ1) is 8.27. The van der Waals surface area contributed by atoms with Gasteiger partial charge in [0.15, 0.2) is 0 Å². The van der Waals surface area contributed by atoms with Crippen LogP contribution in [0.3, 0.4) is 0 Å². The lowest BCUT2D eigenvalue weighted by molar-refractivity contribution is -0.119. The second-order valence-electron chi connectivity index (χ2n) is 4.61. The van der Waals surface area contributed by atoms with Crippen molar-refractivity contribution in [1.82, 2.24) is 0 Å². The Bertz CT molecular complexity index is 584. The summed E-state index contributed by atoms with van der Waals surface area (Å²) in [4.78, 5) is 12.1. The Morgan fingerprint density at radius 3 is 2.41 bits per heavy atom. The molecule has 0 fully saturated rings. The second-order valence-corrected chi connectivity index (χ2v) is 4.61. The number of fused-ring (bicyclic) bond motifs is 3. The molecule has 3 rings (SSSR count). The fourth-order valence-electron chi connectivity index (χ4n) is 2.57. The highest BCUT2D eigenvalue weighted by molar-refractivity contribution is 5.93. The molecule has 0 saturated heterocycles. The Labute approximate surface area is 101 Å². The van der Waals surface area contributed by atoms with E-state index in [1.54, 1.807) is 0 Å². The molecule has 17 heavy (non-hydrogen) atoms. The van der Waals surface area contributed by atoms with E-state index in [4.69, 9.17) is 0 Å². The maximum absolute atomic E-state index is 12.1. The average molecular weight is 222 g/mol. The maximum atomic E-state index is 12.1. The molecule has 0 N–H and O–H groups in total. The summed E-state index contributed by atoms with van der Waals surface area (Å²) in [6.07, 6.45) is 0.548. The highest BCUT2D eigenvalue weighted by atomic mass is 16.1. The minimum atomic E-state index is -0.00130. The third kappa shape index (κ3) is 1.59. The number of carbonyl (C=O) groups is 1. The van der Waals surface area contributed by atoms with Crippen LogP contribution in [0.15, 0.2) is 48.5 Å². The molecular weight excluding hydrogens is 208 g/mol. The highest BCUT2D eigenvalue weighted by Gasteiger charge is 2.24. The van der Waals surface area contributed by atoms with E-state index in [9.17, 15) is 4.79 Å². The van der Waals surface area contributed by atoms with Gasteiger partial charge in [-0.25, -0.2) is 0 Å². The van der Waals surface area contributed by atoms with E-state index in [2.05, 4.69) is 24.3 Å². The Morgan fingerprint density at radius 1 is 0.941 bits per heavy atom. The molecule has 1 unspecified atom stereocenters. The van der Waals surface area contributed by atoms with Crippen LogP contribution in [-0.2, 0) is 11.2 Å². The molecule has 0 spiro atoms. The standard InChI is InChI=1S/C16H14O/c1-11-13-7-4-5-9-15(13)14-8-3-2-6-12(14)10-16(11)17/h2-9,11H,10H2,1H3. The number of rotatable bonds is 0. The van der Waals surface area contributed by atoms with Crippen LogP contribution in [0.1, 0.15) is 24.0 Å². The molecule has 0 saturated carbocycles. The van der Waals surface area contributed by atoms with Crippen molar-refractivity contribution in [3.8, 4) is 11.1 Å². The zero-order valence-corrected chi connectivity index (χ0v) is 9.81. The lowest BCUT2D eigenvalue weighted by Crippen LogP contribution is -2.09. The molecule has 0 aliphatic heterocycles. The lowest BCUT2D eigenvalue weighted by Gasteiger charge is -2.11. The molecule has 0 aromatic heterocycles. The van der Waals surface area contributed by atoms with Gasteiger partial charge in [-0.05, 0) is 22.3 Å². The van der Waals surface area contributed by atoms with Crippen molar-refractivity contribution in [2.24, 2.45) is 0 Å². The number of hydrogen-bond donors (Lipinski definition) is 0. The summed E-state index contributed by atoms with van der Waals surface area (Å²) in [5.74, 6) is 0.306. The van der Waals surface area contributed by atoms with Crippen molar-refractivity contribution >= 4 is 5.78 Å². The Kier molecular flexibility index (Phi) is 2.32. The van der Waals surface area contributed by atoms with Crippen LogP contribution >= 0.6 is 0 Å². The fraction of sp³-hybridized carbons (Fsp3) is 0.188. The largest absolute Gasteiger partial charge is 0.299 e. The van der Waals surface area contributed by atoms with Gasteiger partial charge in [0.1, 0.15) is 5.78 Å². The van der Waals surface area contributed by atoms with E-state index in [1.165, 1.54) is 11.1 Å². The minimum absolute atomic E-state index is 0.00130. The molecule has 0 amide bonds. The topological polar surface area (TPSA) is 17.1 Å². The van der Waals surface area contributed by atoms with Crippen LogP contribution in [0, 0.1) is 0 Å². The SMILES string of the molecule is CC1C(=O)Cc2ccccc2-c2ccccc21. The summed E-state index contributed by atoms with van der Waals surface area (Å²) in [5.41, 5.74) is 4.72. The molecule has 0 bridgehead atoms. The molecule has 1 nitrogen and oxygen atoms in total. The number of ketones is 1. The van der Waals surface area contributed by atoms with Crippen molar-refractivity contribution in [1.29, 1.82) is 0 Å². The summed E-state index contributed by atoms with van der Waals surface area (Å²) in [7, 11) is 0. The van der Waals surface area contributed by atoms with Gasteiger partial charge < -0.3 is 0 Å². The summed E-state index contributed by atoms with van der Waals surface area (Å²) in [6, 6.07) is 16.4. The van der Waals surface area contributed by atoms with E-state index in [-0.39, 0.29) is 5.92 Å². The Hall–Kier alpha value is -1.89. The average Bonchev–Trinajstić information content (AvgIpc) is 2.48. The number of carbonyl (C=O) groups excluding carboxylic acids is 1. The molecule has 1 atom stereocenters. The molecule has 0 heterocycles. The minimum Gasteiger partial charge on any atom is -0.299 e. The van der Waals surface area contributed by atoms with E-state index in [0.717, 1.165) is 11.1 Å². The van der Waals surface area contributed by atoms with E-state index in [0.29, 0.717) is 12.2 Å². The van der Waals surface area contributed by atoms with Gasteiger partial charge in [-0.1, -0.05) is 55.5 Å². The summed E-state index contributed by atoms with van der Waals surface area (Å²) in [5, 5.41) is 0. The number of hydrogen-bond acceptors (Lipinski definition) is 1. The van der Waals surface area contributed by atoms with E-state index >= 15 is 0 Å². The molecule has 84 valence electrons. The quantitative estimate of drug-likeness (QED) is 0.665. The highest BCUT2D eigenvalue weighted by Crippen LogP contribution is 2.35. The van der Waals surface area contributed by atoms with Crippen LogP contribution in [-0.4, -0.2) is 5.78 Å². The van der Waals surface area contributed by atoms with Crippen molar-refractivity contribution in [3.05, 3.63) is 59.7 Å². The molecule has 2 aromatic carbocycles. The second kappa shape index (κ2) is 3.85. The monoisotopic (exact) mass is 222 g/mol. The lowest BCUT2D eigenvalue weighted by atomic mass is 9.92. The number of Topliss-reactive ketones (excluding diaryl/α,β-unsaturated/α-hetero) is 1. The Morgan fingerprint density at radius 2 is 1.59 bits per heavy atom. The third-order valence-electron chi connectivity index (χ3n) is 3.58. The normalized spacial score (nSPS) is 18.2. The van der Waals surface area contributed by atoms with Gasteiger partial charge >= 0.3 is 0 Å². The zero-order chi connectivity index (χ0) is 11.8. The first kappa shape index (κ1) is 10.3. The van der Waals surface area contributed by atoms with Gasteiger partial charge in [-0.2, -0.15) is 0 Å². The summed E-state index contributed by atoms with van der Waals surface area (Å²) >= 11 is 0. The summed E-state index contributed by atoms with van der Waals surface area (Å²) < 4.78 is 0. The van der Waals surface area contributed by atoms with Gasteiger partial charge in [0.2, 0.25) is 0 Å². The van der Waals surface area contributed by atoms with Crippen molar-refractivity contribution < 1.29 is 4.79 Å². The van der Waals surface area contributed by atoms with Gasteiger partial charge in [-0.3, -0.25) is 4.79 Å². The van der Waals surface area contributed by atoms with Gasteiger partial charge in [0.25, 0.3) is 0 Å². The molecule has 1 heteroatoms. The van der Waals surface area contributed by atoms with Gasteiger partial charge in [-0.15, -0.1) is 0 Å². The van der Waals surface area contributed by atoms with Crippen molar-refractivity contribution in [3.63, 3.8) is 0 Å². The third-order valence-corrected chi connectivity index (χ3v) is 3.58. The molecule has 1 aliphatic carbocycles. The van der Waals surface area contributed by atoms with E-state index < -0.39 is 0 Å². The van der Waals surface area contributed by atoms with E-state index in [1.807, 2.05) is 31.2 Å². The number of benzene rings is 2. The smallest absolute Gasteiger partial charge is 0.144 e. The van der Waals surface area contributed by atoms with Crippen LogP contribution < -0.4 is 0 Å². The Balaban J connectivity index is 2.33. The first-order valence-corrected chi connectivity index (χ1v) is 5.97. The van der Waals surface area contributed by atoms with Crippen LogP contribution in [0.4, 0.5) is 0 Å². The van der Waals surface area contributed by atoms with Gasteiger partial charge in [0.05, 0.1) is 0 Å². The molecule has 0 radical (unpaired) electrons. The van der Waals surface area contributed by atoms with Crippen LogP contribution in [0.5, 0.6) is 0 Å². The zero-order valence-electron chi connectivity index (χ0n) is 9.81. The molecule has 1 aliphatic rings. The molecule has 2 aromatic rings. The van der Waals surface area contributed by atoms with Crippen LogP contribution in [0.25, 0.3) is 11.1 Å². The first-order valence-electron chi connectivity index (χ1n) is 5.97. The predicted octanol–water partition coefficient (Wildman–Crippen LogP) is 3.58. The van der Waals surface area contributed by atoms with Gasteiger partial charge in [0, 0.05) is 12.3 Å². The maximum Gasteiger partial charge on any atom is 0.144 e. The summed E-state index contributed by atoms with van der Waals surface area (Å²) in [6.45, 7) is 2.01. The molecular formula is C16H14O. The predicted molar refractivity (Wildman–Crippen MR) is 69.0 cm³/mol.